The molecule has 5 heteroatoms. The molecule has 3 atom stereocenters. The lowest BCUT2D eigenvalue weighted by Crippen LogP contribution is -2.35. The highest BCUT2D eigenvalue weighted by atomic mass is 32.1. The van der Waals surface area contributed by atoms with Gasteiger partial charge in [0.15, 0.2) is 0 Å². The van der Waals surface area contributed by atoms with Crippen LogP contribution in [0.5, 0.6) is 0 Å². The van der Waals surface area contributed by atoms with Gasteiger partial charge in [0, 0.05) is 16.5 Å². The quantitative estimate of drug-likeness (QED) is 0.384. The van der Waals surface area contributed by atoms with Gasteiger partial charge in [-0.15, -0.1) is 11.3 Å². The van der Waals surface area contributed by atoms with E-state index in [0.717, 1.165) is 17.6 Å². The summed E-state index contributed by atoms with van der Waals surface area (Å²) >= 11 is 1.81. The van der Waals surface area contributed by atoms with E-state index in [0.29, 0.717) is 0 Å². The average molecular weight is 456 g/mol. The van der Waals surface area contributed by atoms with Crippen molar-refractivity contribution in [1.82, 2.24) is 10.6 Å². The van der Waals surface area contributed by atoms with Crippen LogP contribution in [0.3, 0.4) is 0 Å². The number of aliphatic hydroxyl groups excluding tert-OH is 1. The number of aliphatic hydroxyl groups is 1. The molecule has 1 aromatic heterocycles. The summed E-state index contributed by atoms with van der Waals surface area (Å²) in [5, 5.41) is 20.3. The molecule has 4 nitrogen and oxygen atoms in total. The van der Waals surface area contributed by atoms with Gasteiger partial charge in [-0.05, 0) is 88.3 Å². The Hall–Kier alpha value is -3.12. The van der Waals surface area contributed by atoms with E-state index < -0.39 is 6.23 Å². The zero-order valence-corrected chi connectivity index (χ0v) is 19.7. The molecule has 0 bridgehead atoms. The third kappa shape index (κ3) is 3.82. The standard InChI is InChI=1S/C28H29N3OS/c1-3-19-15-18(16-33-19)21-9-6-10-25-26(21)22-7-4-5-8-23(22)27(25)31-28(32)24(11-13-29)20-12-14-30-17(20)2/h4-17,27-28,30-32H,3,29H2,1-2H3/b13-11-,24-20+/t17-,27?,28?/m1/s1. The molecule has 2 aliphatic rings. The van der Waals surface area contributed by atoms with Gasteiger partial charge in [0.25, 0.3) is 0 Å². The van der Waals surface area contributed by atoms with Gasteiger partial charge in [-0.3, -0.25) is 5.32 Å². The number of rotatable bonds is 6. The summed E-state index contributed by atoms with van der Waals surface area (Å²) in [6, 6.07) is 17.3. The van der Waals surface area contributed by atoms with Gasteiger partial charge in [0.2, 0.25) is 0 Å². The fourth-order valence-electron chi connectivity index (χ4n) is 4.94. The van der Waals surface area contributed by atoms with Crippen LogP contribution in [0, 0.1) is 0 Å². The van der Waals surface area contributed by atoms with Crippen LogP contribution in [0.4, 0.5) is 0 Å². The van der Waals surface area contributed by atoms with Crippen LogP contribution >= 0.6 is 11.3 Å². The number of hydrogen-bond acceptors (Lipinski definition) is 5. The van der Waals surface area contributed by atoms with E-state index in [9.17, 15) is 5.11 Å². The van der Waals surface area contributed by atoms with E-state index >= 15 is 0 Å². The summed E-state index contributed by atoms with van der Waals surface area (Å²) in [6.07, 6.45) is 7.36. The van der Waals surface area contributed by atoms with Crippen LogP contribution in [0.25, 0.3) is 22.3 Å². The lowest BCUT2D eigenvalue weighted by atomic mass is 9.95. The Morgan fingerprint density at radius 3 is 2.70 bits per heavy atom. The van der Waals surface area contributed by atoms with Gasteiger partial charge >= 0.3 is 0 Å². The van der Waals surface area contributed by atoms with Crippen molar-refractivity contribution in [3.05, 3.63) is 106 Å². The molecule has 5 N–H and O–H groups in total. The largest absolute Gasteiger partial charge is 0.405 e. The smallest absolute Gasteiger partial charge is 0.132 e. The molecule has 0 spiro atoms. The van der Waals surface area contributed by atoms with E-state index in [2.05, 4.69) is 78.4 Å². The van der Waals surface area contributed by atoms with Gasteiger partial charge in [0.05, 0.1) is 6.04 Å². The summed E-state index contributed by atoms with van der Waals surface area (Å²) in [6.45, 7) is 4.27. The molecule has 3 aromatic rings. The van der Waals surface area contributed by atoms with Crippen LogP contribution in [0.15, 0.2) is 89.6 Å². The first kappa shape index (κ1) is 21.7. The second-order valence-corrected chi connectivity index (χ2v) is 9.50. The van der Waals surface area contributed by atoms with Gasteiger partial charge in [0.1, 0.15) is 6.23 Å². The fourth-order valence-corrected chi connectivity index (χ4v) is 5.78. The number of benzene rings is 2. The zero-order chi connectivity index (χ0) is 22.9. The SMILES string of the molecule is CCc1cc(-c2cccc3c2-c2ccccc2C3NC(O)C(/C=C\N)=C2\C=CN[C@@H]2C)cs1. The molecule has 5 rings (SSSR count). The third-order valence-corrected chi connectivity index (χ3v) is 7.65. The molecule has 2 heterocycles. The first-order valence-electron chi connectivity index (χ1n) is 11.4. The van der Waals surface area contributed by atoms with Gasteiger partial charge < -0.3 is 16.2 Å². The predicted octanol–water partition coefficient (Wildman–Crippen LogP) is 5.23. The average Bonchev–Trinajstić information content (AvgIpc) is 3.56. The maximum Gasteiger partial charge on any atom is 0.132 e. The van der Waals surface area contributed by atoms with Crippen molar-refractivity contribution in [2.45, 2.75) is 38.6 Å². The maximum atomic E-state index is 11.3. The minimum atomic E-state index is -0.868. The molecular formula is C28H29N3OS. The van der Waals surface area contributed by atoms with E-state index in [4.69, 9.17) is 5.73 Å². The molecule has 1 aliphatic carbocycles. The van der Waals surface area contributed by atoms with Crippen molar-refractivity contribution in [2.24, 2.45) is 5.73 Å². The van der Waals surface area contributed by atoms with Gasteiger partial charge in [-0.1, -0.05) is 49.4 Å². The third-order valence-electron chi connectivity index (χ3n) is 6.57. The zero-order valence-electron chi connectivity index (χ0n) is 18.9. The summed E-state index contributed by atoms with van der Waals surface area (Å²) < 4.78 is 0. The van der Waals surface area contributed by atoms with Crippen LogP contribution in [0.1, 0.15) is 35.9 Å². The molecule has 0 saturated heterocycles. The Morgan fingerprint density at radius 2 is 1.97 bits per heavy atom. The van der Waals surface area contributed by atoms with Crippen LogP contribution in [-0.4, -0.2) is 17.4 Å². The van der Waals surface area contributed by atoms with Crippen LogP contribution < -0.4 is 16.4 Å². The molecule has 0 saturated carbocycles. The molecule has 2 unspecified atom stereocenters. The molecule has 0 radical (unpaired) electrons. The van der Waals surface area contributed by atoms with Crippen molar-refractivity contribution < 1.29 is 5.11 Å². The molecule has 0 amide bonds. The maximum absolute atomic E-state index is 11.3. The topological polar surface area (TPSA) is 70.3 Å². The fraction of sp³-hybridized carbons (Fsp3) is 0.214. The lowest BCUT2D eigenvalue weighted by Gasteiger charge is -2.24. The number of fused-ring (bicyclic) bond motifs is 3. The molecule has 168 valence electrons. The first-order chi connectivity index (χ1) is 16.1. The Balaban J connectivity index is 1.58. The second-order valence-electron chi connectivity index (χ2n) is 8.51. The van der Waals surface area contributed by atoms with Crippen LogP contribution in [-0.2, 0) is 6.42 Å². The number of aryl methyl sites for hydroxylation is 1. The molecule has 1 aliphatic heterocycles. The van der Waals surface area contributed by atoms with Crippen molar-refractivity contribution in [3.63, 3.8) is 0 Å². The first-order valence-corrected chi connectivity index (χ1v) is 12.3. The summed E-state index contributed by atoms with van der Waals surface area (Å²) in [4.78, 5) is 1.39. The summed E-state index contributed by atoms with van der Waals surface area (Å²) in [7, 11) is 0. The predicted molar refractivity (Wildman–Crippen MR) is 138 cm³/mol. The Kier molecular flexibility index (Phi) is 5.94. The Bertz CT molecular complexity index is 1270. The van der Waals surface area contributed by atoms with E-state index in [1.54, 1.807) is 6.08 Å². The van der Waals surface area contributed by atoms with Crippen LogP contribution in [0.2, 0.25) is 0 Å². The molecule has 33 heavy (non-hydrogen) atoms. The number of nitrogens with one attached hydrogen (secondary N) is 2. The van der Waals surface area contributed by atoms with E-state index in [1.165, 1.54) is 44.5 Å². The van der Waals surface area contributed by atoms with Crippen molar-refractivity contribution in [3.8, 4) is 22.3 Å². The number of hydrogen-bond donors (Lipinski definition) is 4. The summed E-state index contributed by atoms with van der Waals surface area (Å²) in [5.41, 5.74) is 14.9. The van der Waals surface area contributed by atoms with E-state index in [1.807, 2.05) is 23.6 Å². The van der Waals surface area contributed by atoms with Crippen molar-refractivity contribution in [2.75, 3.05) is 0 Å². The monoisotopic (exact) mass is 455 g/mol. The number of thiophene rings is 1. The second kappa shape index (κ2) is 9.02. The van der Waals surface area contributed by atoms with E-state index in [-0.39, 0.29) is 12.1 Å². The normalized spacial score (nSPS) is 21.2. The number of nitrogens with two attached hydrogens (primary N) is 1. The minimum Gasteiger partial charge on any atom is -0.405 e. The highest BCUT2D eigenvalue weighted by Crippen LogP contribution is 2.48. The van der Waals surface area contributed by atoms with Gasteiger partial charge in [-0.25, -0.2) is 0 Å². The minimum absolute atomic E-state index is 0.119. The van der Waals surface area contributed by atoms with Gasteiger partial charge in [-0.2, -0.15) is 0 Å². The lowest BCUT2D eigenvalue weighted by molar-refractivity contribution is 0.165. The molecular weight excluding hydrogens is 426 g/mol. The van der Waals surface area contributed by atoms with Crippen molar-refractivity contribution in [1.29, 1.82) is 0 Å². The highest BCUT2D eigenvalue weighted by molar-refractivity contribution is 7.10. The Morgan fingerprint density at radius 1 is 1.18 bits per heavy atom. The Labute approximate surface area is 199 Å². The molecule has 2 aromatic carbocycles. The summed E-state index contributed by atoms with van der Waals surface area (Å²) in [5.74, 6) is 0. The van der Waals surface area contributed by atoms with Crippen molar-refractivity contribution >= 4 is 11.3 Å². The molecule has 0 fully saturated rings. The highest BCUT2D eigenvalue weighted by Gasteiger charge is 2.32.